The van der Waals surface area contributed by atoms with Crippen molar-refractivity contribution in [3.63, 3.8) is 0 Å². The third kappa shape index (κ3) is 4.82. The third-order valence-electron chi connectivity index (χ3n) is 4.22. The molecule has 0 radical (unpaired) electrons. The Hall–Kier alpha value is 0.603. The van der Waals surface area contributed by atoms with E-state index in [-0.39, 0.29) is 51.0 Å². The van der Waals surface area contributed by atoms with Gasteiger partial charge in [0.1, 0.15) is 0 Å². The van der Waals surface area contributed by atoms with Crippen molar-refractivity contribution in [1.29, 1.82) is 0 Å². The molecule has 0 aromatic heterocycles. The zero-order valence-corrected chi connectivity index (χ0v) is 19.1. The Labute approximate surface area is 180 Å². The van der Waals surface area contributed by atoms with E-state index in [0.717, 1.165) is 0 Å². The van der Waals surface area contributed by atoms with E-state index in [4.69, 9.17) is 0 Å². The first-order chi connectivity index (χ1) is 9.58. The van der Waals surface area contributed by atoms with Crippen LogP contribution in [0.15, 0.2) is 56.4 Å². The first kappa shape index (κ1) is 23.6. The molecule has 0 unspecified atom stereocenters. The van der Waals surface area contributed by atoms with E-state index in [1.807, 2.05) is 23.5 Å². The molecule has 4 aliphatic rings. The van der Waals surface area contributed by atoms with Crippen LogP contribution in [0.3, 0.4) is 0 Å². The van der Waals surface area contributed by atoms with Crippen LogP contribution >= 0.6 is 23.5 Å². The van der Waals surface area contributed by atoms with Crippen LogP contribution in [-0.4, -0.2) is 10.5 Å². The summed E-state index contributed by atoms with van der Waals surface area (Å²) < 4.78 is 0. The number of fused-ring (bicyclic) bond motifs is 2. The summed E-state index contributed by atoms with van der Waals surface area (Å²) in [6.07, 6.45) is 11.2. The van der Waals surface area contributed by atoms with Crippen molar-refractivity contribution >= 4 is 23.5 Å². The molecule has 0 aromatic rings. The van der Waals surface area contributed by atoms with Gasteiger partial charge in [0.25, 0.3) is 0 Å². The number of halogens is 2. The minimum atomic E-state index is 0. The molecule has 0 fully saturated rings. The van der Waals surface area contributed by atoms with E-state index >= 15 is 0 Å². The van der Waals surface area contributed by atoms with Crippen molar-refractivity contribution in [1.82, 2.24) is 0 Å². The minimum Gasteiger partial charge on any atom is -1.00 e. The summed E-state index contributed by atoms with van der Waals surface area (Å²) in [5, 5.41) is 5.32. The van der Waals surface area contributed by atoms with Gasteiger partial charge >= 0.3 is 26.2 Å². The van der Waals surface area contributed by atoms with Gasteiger partial charge in [-0.1, -0.05) is 26.0 Å². The van der Waals surface area contributed by atoms with Gasteiger partial charge in [-0.25, -0.2) is 12.2 Å². The Kier molecular flexibility index (Phi) is 10.2. The van der Waals surface area contributed by atoms with E-state index in [9.17, 15) is 0 Å². The number of rotatable bonds is 0. The molecular formula is C18H18Cl2S2Zr. The van der Waals surface area contributed by atoms with Crippen LogP contribution in [0, 0.1) is 12.2 Å². The molecule has 0 nitrogen and oxygen atoms in total. The quantitative estimate of drug-likeness (QED) is 0.443. The second kappa shape index (κ2) is 9.92. The summed E-state index contributed by atoms with van der Waals surface area (Å²) in [7, 11) is 0. The summed E-state index contributed by atoms with van der Waals surface area (Å²) in [4.78, 5) is 0. The van der Waals surface area contributed by atoms with Gasteiger partial charge in [-0.05, 0) is 0 Å². The number of hydrogen-bond acceptors (Lipinski definition) is 2. The van der Waals surface area contributed by atoms with Gasteiger partial charge in [-0.2, -0.15) is 22.3 Å². The molecule has 2 aliphatic heterocycles. The van der Waals surface area contributed by atoms with Crippen LogP contribution in [0.25, 0.3) is 0 Å². The van der Waals surface area contributed by atoms with Crippen LogP contribution in [0.5, 0.6) is 0 Å². The standard InChI is InChI=1S/2C9H9S.2ClH.Zr/c2*1-6-5-9-8(7(6)2)3-4-10-9;;;/h2*4-5,9H,1-2H3;2*1H;/q2*-1;;;+4/p-2/t2*9-;;;/m10.../s1. The summed E-state index contributed by atoms with van der Waals surface area (Å²) in [6.45, 7) is 8.69. The largest absolute Gasteiger partial charge is 4.00 e. The molecule has 5 heteroatoms. The number of thioether (sulfide) groups is 2. The third-order valence-corrected chi connectivity index (χ3v) is 6.06. The summed E-state index contributed by atoms with van der Waals surface area (Å²) >= 11 is 3.70. The molecule has 23 heavy (non-hydrogen) atoms. The topological polar surface area (TPSA) is 0 Å². The van der Waals surface area contributed by atoms with E-state index in [0.29, 0.717) is 10.5 Å². The molecule has 2 aliphatic carbocycles. The van der Waals surface area contributed by atoms with Gasteiger partial charge in [-0.15, -0.1) is 59.3 Å². The molecule has 2 atom stereocenters. The first-order valence-electron chi connectivity index (χ1n) is 6.84. The minimum absolute atomic E-state index is 0. The SMILES string of the molecule is CC1=C[C@@H]2SC=[C-]C2=C1C.CC1=C[C@H]2SC=[C-]C2=C1C.[Cl-].[Cl-].[Zr+4]. The molecule has 0 bridgehead atoms. The fourth-order valence-electron chi connectivity index (χ4n) is 2.66. The van der Waals surface area contributed by atoms with Crippen molar-refractivity contribution in [3.05, 3.63) is 68.6 Å². The molecule has 0 N–H and O–H groups in total. The van der Waals surface area contributed by atoms with Crippen LogP contribution in [0.1, 0.15) is 27.7 Å². The van der Waals surface area contributed by atoms with E-state index < -0.39 is 0 Å². The van der Waals surface area contributed by atoms with Crippen LogP contribution in [0.4, 0.5) is 0 Å². The molecule has 4 rings (SSSR count). The predicted molar refractivity (Wildman–Crippen MR) is 91.3 cm³/mol. The van der Waals surface area contributed by atoms with Crippen molar-refractivity contribution < 1.29 is 51.0 Å². The van der Waals surface area contributed by atoms with E-state index in [1.165, 1.54) is 33.4 Å². The summed E-state index contributed by atoms with van der Waals surface area (Å²) in [5.41, 5.74) is 8.48. The second-order valence-electron chi connectivity index (χ2n) is 5.41. The van der Waals surface area contributed by atoms with E-state index in [1.54, 1.807) is 0 Å². The van der Waals surface area contributed by atoms with Crippen molar-refractivity contribution in [2.75, 3.05) is 0 Å². The maximum atomic E-state index is 3.26. The summed E-state index contributed by atoms with van der Waals surface area (Å²) in [6, 6.07) is 0. The maximum Gasteiger partial charge on any atom is 4.00 e. The summed E-state index contributed by atoms with van der Waals surface area (Å²) in [5.74, 6) is 0. The molecule has 0 saturated carbocycles. The normalized spacial score (nSPS) is 25.6. The van der Waals surface area contributed by atoms with Gasteiger partial charge in [0.05, 0.1) is 0 Å². The zero-order chi connectivity index (χ0) is 14.3. The van der Waals surface area contributed by atoms with Gasteiger partial charge < -0.3 is 24.8 Å². The Bertz CT molecular complexity index is 583. The molecule has 120 valence electrons. The van der Waals surface area contributed by atoms with Crippen molar-refractivity contribution in [3.8, 4) is 0 Å². The fraction of sp³-hybridized carbons (Fsp3) is 0.333. The number of hydrogen-bond donors (Lipinski definition) is 0. The van der Waals surface area contributed by atoms with Crippen LogP contribution in [-0.2, 0) is 26.2 Å². The Morgan fingerprint density at radius 1 is 0.739 bits per heavy atom. The first-order valence-corrected chi connectivity index (χ1v) is 8.73. The second-order valence-corrected chi connectivity index (χ2v) is 7.45. The van der Waals surface area contributed by atoms with Gasteiger partial charge in [-0.3, -0.25) is 0 Å². The Morgan fingerprint density at radius 3 is 1.39 bits per heavy atom. The maximum absolute atomic E-state index is 3.26. The van der Waals surface area contributed by atoms with Gasteiger partial charge in [0.2, 0.25) is 0 Å². The molecule has 0 saturated heterocycles. The van der Waals surface area contributed by atoms with Gasteiger partial charge in [0.15, 0.2) is 0 Å². The average molecular weight is 461 g/mol. The van der Waals surface area contributed by atoms with Crippen molar-refractivity contribution in [2.24, 2.45) is 0 Å². The van der Waals surface area contributed by atoms with E-state index in [2.05, 4.69) is 62.8 Å². The van der Waals surface area contributed by atoms with Crippen LogP contribution in [0.2, 0.25) is 0 Å². The number of allylic oxidation sites excluding steroid dienone is 6. The molecule has 0 spiro atoms. The predicted octanol–water partition coefficient (Wildman–Crippen LogP) is -0.604. The van der Waals surface area contributed by atoms with Crippen molar-refractivity contribution in [2.45, 2.75) is 38.2 Å². The molecule has 0 amide bonds. The zero-order valence-electron chi connectivity index (χ0n) is 13.5. The monoisotopic (exact) mass is 458 g/mol. The smallest absolute Gasteiger partial charge is 1.00 e. The average Bonchev–Trinajstić information content (AvgIpc) is 3.13. The molecular weight excluding hydrogens is 442 g/mol. The molecule has 2 heterocycles. The fourth-order valence-corrected chi connectivity index (χ4v) is 4.67. The Balaban J connectivity index is 0.000000372. The Morgan fingerprint density at radius 2 is 1.09 bits per heavy atom. The van der Waals surface area contributed by atoms with Gasteiger partial charge in [0, 0.05) is 10.5 Å². The van der Waals surface area contributed by atoms with Crippen LogP contribution < -0.4 is 24.8 Å². The molecule has 0 aromatic carbocycles.